The van der Waals surface area contributed by atoms with Crippen LogP contribution in [0.3, 0.4) is 0 Å². The van der Waals surface area contributed by atoms with Gasteiger partial charge in [-0.2, -0.15) is 0 Å². The summed E-state index contributed by atoms with van der Waals surface area (Å²) in [6, 6.07) is 9.30. The number of aryl methyl sites for hydroxylation is 1. The Morgan fingerprint density at radius 2 is 2.00 bits per heavy atom. The summed E-state index contributed by atoms with van der Waals surface area (Å²) < 4.78 is 7.63. The summed E-state index contributed by atoms with van der Waals surface area (Å²) in [6.45, 7) is 1.87. The number of ether oxygens (including phenoxy) is 1. The minimum atomic E-state index is -1.26. The predicted octanol–water partition coefficient (Wildman–Crippen LogP) is 1.57. The van der Waals surface area contributed by atoms with Crippen molar-refractivity contribution in [3.05, 3.63) is 60.3 Å². The van der Waals surface area contributed by atoms with Crippen LogP contribution in [0, 0.1) is 6.92 Å². The van der Waals surface area contributed by atoms with Crippen molar-refractivity contribution in [2.45, 2.75) is 37.6 Å². The second-order valence-corrected chi connectivity index (χ2v) is 7.13. The van der Waals surface area contributed by atoms with Gasteiger partial charge >= 0.3 is 0 Å². The third-order valence-corrected chi connectivity index (χ3v) is 5.51. The Bertz CT molecular complexity index is 1150. The SMILES string of the molecule is Cc1ncnc2c1ccn2[C@@H]1O[C@H]([C@H](O)c2cccc3cc[nH]c23)[C@@H](O)[C@H]1O. The summed E-state index contributed by atoms with van der Waals surface area (Å²) in [6.07, 6.45) is -0.469. The second kappa shape index (κ2) is 6.39. The van der Waals surface area contributed by atoms with Gasteiger partial charge in [-0.05, 0) is 24.4 Å². The lowest BCUT2D eigenvalue weighted by atomic mass is 9.97. The molecule has 0 saturated carbocycles. The number of aliphatic hydroxyl groups is 3. The van der Waals surface area contributed by atoms with E-state index in [0.29, 0.717) is 11.2 Å². The van der Waals surface area contributed by atoms with E-state index in [1.807, 2.05) is 31.2 Å². The molecule has 1 aliphatic rings. The van der Waals surface area contributed by atoms with Gasteiger partial charge in [-0.3, -0.25) is 0 Å². The fourth-order valence-corrected chi connectivity index (χ4v) is 4.01. The van der Waals surface area contributed by atoms with E-state index >= 15 is 0 Å². The molecule has 4 N–H and O–H groups in total. The molecule has 0 aliphatic carbocycles. The van der Waals surface area contributed by atoms with E-state index in [1.54, 1.807) is 23.0 Å². The largest absolute Gasteiger partial charge is 0.387 e. The van der Waals surface area contributed by atoms with Crippen LogP contribution in [0.5, 0.6) is 0 Å². The molecule has 4 heterocycles. The highest BCUT2D eigenvalue weighted by Crippen LogP contribution is 2.38. The molecule has 5 rings (SSSR count). The molecule has 0 radical (unpaired) electrons. The number of aliphatic hydroxyl groups excluding tert-OH is 3. The molecule has 0 bridgehead atoms. The Balaban J connectivity index is 1.51. The number of nitrogens with zero attached hydrogens (tertiary/aromatic N) is 3. The summed E-state index contributed by atoms with van der Waals surface area (Å²) in [5, 5.41) is 34.0. The van der Waals surface area contributed by atoms with Crippen molar-refractivity contribution >= 4 is 21.9 Å². The summed E-state index contributed by atoms with van der Waals surface area (Å²) in [7, 11) is 0. The van der Waals surface area contributed by atoms with Crippen LogP contribution >= 0.6 is 0 Å². The van der Waals surface area contributed by atoms with Gasteiger partial charge in [0.2, 0.25) is 0 Å². The first-order valence-corrected chi connectivity index (χ1v) is 9.10. The van der Waals surface area contributed by atoms with Crippen molar-refractivity contribution in [3.63, 3.8) is 0 Å². The Morgan fingerprint density at radius 1 is 1.14 bits per heavy atom. The van der Waals surface area contributed by atoms with E-state index in [9.17, 15) is 15.3 Å². The Hall–Kier alpha value is -2.78. The average Bonchev–Trinajstić information content (AvgIpc) is 3.40. The van der Waals surface area contributed by atoms with Crippen LogP contribution in [0.2, 0.25) is 0 Å². The fourth-order valence-electron chi connectivity index (χ4n) is 4.01. The molecule has 144 valence electrons. The van der Waals surface area contributed by atoms with E-state index in [2.05, 4.69) is 15.0 Å². The molecule has 0 spiro atoms. The van der Waals surface area contributed by atoms with E-state index in [-0.39, 0.29) is 0 Å². The quantitative estimate of drug-likeness (QED) is 0.429. The second-order valence-electron chi connectivity index (χ2n) is 7.13. The third-order valence-electron chi connectivity index (χ3n) is 5.51. The molecule has 0 amide bonds. The van der Waals surface area contributed by atoms with Crippen LogP contribution in [0.4, 0.5) is 0 Å². The van der Waals surface area contributed by atoms with E-state index in [1.165, 1.54) is 6.33 Å². The maximum Gasteiger partial charge on any atom is 0.164 e. The molecular weight excluding hydrogens is 360 g/mol. The number of fused-ring (bicyclic) bond motifs is 2. The zero-order valence-electron chi connectivity index (χ0n) is 15.1. The lowest BCUT2D eigenvalue weighted by molar-refractivity contribution is -0.0844. The predicted molar refractivity (Wildman–Crippen MR) is 101 cm³/mol. The maximum atomic E-state index is 10.9. The highest BCUT2D eigenvalue weighted by atomic mass is 16.6. The molecule has 1 aromatic carbocycles. The fraction of sp³-hybridized carbons (Fsp3) is 0.300. The van der Waals surface area contributed by atoms with Gasteiger partial charge in [0, 0.05) is 23.3 Å². The van der Waals surface area contributed by atoms with E-state index in [4.69, 9.17) is 4.74 Å². The van der Waals surface area contributed by atoms with Gasteiger partial charge in [0.05, 0.1) is 11.2 Å². The van der Waals surface area contributed by atoms with Crippen LogP contribution < -0.4 is 0 Å². The number of rotatable bonds is 3. The molecule has 1 fully saturated rings. The molecule has 1 aliphatic heterocycles. The van der Waals surface area contributed by atoms with Gasteiger partial charge in [0.1, 0.15) is 36.4 Å². The monoisotopic (exact) mass is 380 g/mol. The number of aromatic nitrogens is 4. The minimum absolute atomic E-state index is 0.602. The number of nitrogens with one attached hydrogen (secondary N) is 1. The normalized spacial score (nSPS) is 26.3. The minimum Gasteiger partial charge on any atom is -0.387 e. The van der Waals surface area contributed by atoms with Crippen molar-refractivity contribution < 1.29 is 20.1 Å². The topological polar surface area (TPSA) is 116 Å². The average molecular weight is 380 g/mol. The van der Waals surface area contributed by atoms with Crippen LogP contribution in [0.15, 0.2) is 49.1 Å². The first-order valence-electron chi connectivity index (χ1n) is 9.10. The molecule has 4 aromatic rings. The van der Waals surface area contributed by atoms with Gasteiger partial charge < -0.3 is 29.6 Å². The summed E-state index contributed by atoms with van der Waals surface area (Å²) in [5.74, 6) is 0. The summed E-state index contributed by atoms with van der Waals surface area (Å²) in [5.41, 5.74) is 2.80. The van der Waals surface area contributed by atoms with E-state index < -0.39 is 30.6 Å². The van der Waals surface area contributed by atoms with Crippen molar-refractivity contribution in [1.29, 1.82) is 0 Å². The Kier molecular flexibility index (Phi) is 3.95. The van der Waals surface area contributed by atoms with Crippen LogP contribution in [-0.4, -0.2) is 53.2 Å². The van der Waals surface area contributed by atoms with Crippen LogP contribution in [0.25, 0.3) is 21.9 Å². The molecule has 5 atom stereocenters. The van der Waals surface area contributed by atoms with Gasteiger partial charge in [-0.25, -0.2) is 9.97 Å². The van der Waals surface area contributed by atoms with Crippen LogP contribution in [0.1, 0.15) is 23.6 Å². The zero-order chi connectivity index (χ0) is 19.4. The van der Waals surface area contributed by atoms with Gasteiger partial charge in [-0.1, -0.05) is 18.2 Å². The highest BCUT2D eigenvalue weighted by Gasteiger charge is 2.47. The number of H-pyrrole nitrogens is 1. The maximum absolute atomic E-state index is 10.9. The molecule has 3 aromatic heterocycles. The number of benzene rings is 1. The molecule has 8 nitrogen and oxygen atoms in total. The van der Waals surface area contributed by atoms with Gasteiger partial charge in [0.15, 0.2) is 6.23 Å². The van der Waals surface area contributed by atoms with Crippen LogP contribution in [-0.2, 0) is 4.74 Å². The Labute approximate surface area is 160 Å². The summed E-state index contributed by atoms with van der Waals surface area (Å²) >= 11 is 0. The third kappa shape index (κ3) is 2.46. The number of hydrogen-bond acceptors (Lipinski definition) is 6. The smallest absolute Gasteiger partial charge is 0.164 e. The lowest BCUT2D eigenvalue weighted by Crippen LogP contribution is -2.34. The number of hydrogen-bond donors (Lipinski definition) is 4. The molecule has 8 heteroatoms. The summed E-state index contributed by atoms with van der Waals surface area (Å²) in [4.78, 5) is 11.6. The highest BCUT2D eigenvalue weighted by molar-refractivity contribution is 5.83. The molecule has 0 unspecified atom stereocenters. The van der Waals surface area contributed by atoms with Crippen molar-refractivity contribution in [2.75, 3.05) is 0 Å². The number of para-hydroxylation sites is 1. The molecule has 28 heavy (non-hydrogen) atoms. The van der Waals surface area contributed by atoms with Crippen molar-refractivity contribution in [2.24, 2.45) is 0 Å². The first-order chi connectivity index (χ1) is 13.6. The van der Waals surface area contributed by atoms with Crippen molar-refractivity contribution in [1.82, 2.24) is 19.5 Å². The van der Waals surface area contributed by atoms with Gasteiger partial charge in [0.25, 0.3) is 0 Å². The zero-order valence-corrected chi connectivity index (χ0v) is 15.1. The van der Waals surface area contributed by atoms with E-state index in [0.717, 1.165) is 22.0 Å². The number of aromatic amines is 1. The molecule has 1 saturated heterocycles. The lowest BCUT2D eigenvalue weighted by Gasteiger charge is -2.22. The van der Waals surface area contributed by atoms with Crippen molar-refractivity contribution in [3.8, 4) is 0 Å². The first kappa shape index (κ1) is 17.3. The standard InChI is InChI=1S/C20H20N4O4/c1-10-12-6-8-24(19(12)23-9-22-10)20-17(27)16(26)18(28-20)15(25)13-4-2-3-11-5-7-21-14(11)13/h2-9,15-18,20-21,25-27H,1H3/t15-,16+,17-,18-,20-/m1/s1. The van der Waals surface area contributed by atoms with Gasteiger partial charge in [-0.15, -0.1) is 0 Å². The Morgan fingerprint density at radius 3 is 2.86 bits per heavy atom. The molecular formula is C20H20N4O4.